The molecule has 1 aromatic carbocycles. The van der Waals surface area contributed by atoms with Gasteiger partial charge in [-0.3, -0.25) is 0 Å². The fourth-order valence-electron chi connectivity index (χ4n) is 3.92. The third-order valence-electron chi connectivity index (χ3n) is 5.61. The number of phenols is 1. The van der Waals surface area contributed by atoms with Gasteiger partial charge in [0.2, 0.25) is 0 Å². The summed E-state index contributed by atoms with van der Waals surface area (Å²) in [6.07, 6.45) is -1.47. The number of phenolic OH excluding ortho intramolecular Hbond substituents is 1. The molecule has 9 nitrogen and oxygen atoms in total. The smallest absolute Gasteiger partial charge is 0.342 e. The molecule has 4 rings (SSSR count). The summed E-state index contributed by atoms with van der Waals surface area (Å²) in [5.74, 6) is -0.676. The van der Waals surface area contributed by atoms with Gasteiger partial charge in [-0.25, -0.2) is 4.79 Å². The van der Waals surface area contributed by atoms with Gasteiger partial charge in [-0.1, -0.05) is 30.4 Å². The Morgan fingerprint density at radius 1 is 1.13 bits per heavy atom. The summed E-state index contributed by atoms with van der Waals surface area (Å²) < 4.78 is 16.5. The quantitative estimate of drug-likeness (QED) is 0.409. The van der Waals surface area contributed by atoms with Crippen molar-refractivity contribution < 1.29 is 44.5 Å². The van der Waals surface area contributed by atoms with Crippen molar-refractivity contribution in [2.24, 2.45) is 0 Å². The molecule has 0 amide bonds. The molecule has 2 aliphatic heterocycles. The predicted octanol–water partition coefficient (Wildman–Crippen LogP) is -0.455. The van der Waals surface area contributed by atoms with Crippen molar-refractivity contribution in [2.75, 3.05) is 6.61 Å². The second-order valence-electron chi connectivity index (χ2n) is 7.58. The van der Waals surface area contributed by atoms with Crippen LogP contribution in [0.2, 0.25) is 0 Å². The molecule has 1 aromatic rings. The Bertz CT molecular complexity index is 862. The predicted molar refractivity (Wildman–Crippen MR) is 101 cm³/mol. The van der Waals surface area contributed by atoms with E-state index in [0.29, 0.717) is 18.4 Å². The van der Waals surface area contributed by atoms with Crippen molar-refractivity contribution in [2.45, 2.75) is 55.8 Å². The average Bonchev–Trinajstić information content (AvgIpc) is 2.74. The van der Waals surface area contributed by atoms with Gasteiger partial charge in [0.05, 0.1) is 12.7 Å². The molecular weight excluding hydrogens is 396 g/mol. The van der Waals surface area contributed by atoms with E-state index in [1.165, 1.54) is 6.07 Å². The number of carbonyl (C=O) groups excluding carboxylic acids is 1. The van der Waals surface area contributed by atoms with Crippen LogP contribution in [0, 0.1) is 0 Å². The number of hydrogen-bond acceptors (Lipinski definition) is 9. The lowest BCUT2D eigenvalue weighted by Crippen LogP contribution is -2.59. The standard InChI is InChI=1S/C21H24O9/c22-9-15-17(24)18(25)19(26)21(30-15)28-12-6-4-10(5-7-12)14-8-11-2-1-3-13(23)16(11)20(27)29-14/h1-6,12,14-15,17-19,21-26H,7-9H2. The van der Waals surface area contributed by atoms with Gasteiger partial charge in [0.1, 0.15) is 41.8 Å². The maximum absolute atomic E-state index is 12.3. The van der Waals surface area contributed by atoms with Crippen molar-refractivity contribution in [1.29, 1.82) is 0 Å². The Kier molecular flexibility index (Phi) is 5.92. The summed E-state index contributed by atoms with van der Waals surface area (Å²) in [4.78, 5) is 12.3. The summed E-state index contributed by atoms with van der Waals surface area (Å²) in [5.41, 5.74) is 1.69. The molecule has 5 N–H and O–H groups in total. The SMILES string of the molecule is O=C1OC(C2=CCC(OC3OC(CO)C(O)C(O)C3O)C=C2)Cc2cccc(O)c21. The molecule has 1 aliphatic carbocycles. The number of aliphatic hydroxyl groups is 4. The molecule has 3 aliphatic rings. The van der Waals surface area contributed by atoms with E-state index in [1.807, 2.05) is 6.08 Å². The Balaban J connectivity index is 1.39. The van der Waals surface area contributed by atoms with Crippen LogP contribution in [0.1, 0.15) is 22.3 Å². The Morgan fingerprint density at radius 2 is 1.93 bits per heavy atom. The normalized spacial score (nSPS) is 36.1. The molecule has 0 spiro atoms. The minimum Gasteiger partial charge on any atom is -0.507 e. The van der Waals surface area contributed by atoms with E-state index in [-0.39, 0.29) is 11.3 Å². The zero-order valence-corrected chi connectivity index (χ0v) is 16.0. The molecule has 7 atom stereocenters. The molecule has 1 saturated heterocycles. The molecule has 0 bridgehead atoms. The largest absolute Gasteiger partial charge is 0.507 e. The lowest BCUT2D eigenvalue weighted by Gasteiger charge is -2.40. The first-order valence-electron chi connectivity index (χ1n) is 9.75. The van der Waals surface area contributed by atoms with E-state index in [2.05, 4.69) is 0 Å². The van der Waals surface area contributed by atoms with Gasteiger partial charge in [0.25, 0.3) is 0 Å². The van der Waals surface area contributed by atoms with Crippen LogP contribution in [0.25, 0.3) is 0 Å². The number of hydrogen-bond donors (Lipinski definition) is 5. The third-order valence-corrected chi connectivity index (χ3v) is 5.61. The highest BCUT2D eigenvalue weighted by molar-refractivity contribution is 5.95. The number of benzene rings is 1. The van der Waals surface area contributed by atoms with E-state index >= 15 is 0 Å². The molecule has 2 heterocycles. The van der Waals surface area contributed by atoms with Crippen molar-refractivity contribution in [1.82, 2.24) is 0 Å². The first-order chi connectivity index (χ1) is 14.4. The van der Waals surface area contributed by atoms with Gasteiger partial charge in [-0.15, -0.1) is 0 Å². The second-order valence-corrected chi connectivity index (χ2v) is 7.58. The average molecular weight is 420 g/mol. The zero-order chi connectivity index (χ0) is 21.4. The molecule has 9 heteroatoms. The van der Waals surface area contributed by atoms with E-state index in [1.54, 1.807) is 24.3 Å². The van der Waals surface area contributed by atoms with Crippen LogP contribution in [0.4, 0.5) is 0 Å². The fourth-order valence-corrected chi connectivity index (χ4v) is 3.92. The van der Waals surface area contributed by atoms with Gasteiger partial charge in [-0.05, 0) is 23.6 Å². The van der Waals surface area contributed by atoms with Crippen LogP contribution in [0.5, 0.6) is 5.75 Å². The second kappa shape index (κ2) is 8.46. The first-order valence-corrected chi connectivity index (χ1v) is 9.75. The molecule has 0 saturated carbocycles. The molecule has 0 aromatic heterocycles. The van der Waals surface area contributed by atoms with Crippen LogP contribution in [0.3, 0.4) is 0 Å². The lowest BCUT2D eigenvalue weighted by molar-refractivity contribution is -0.307. The summed E-state index contributed by atoms with van der Waals surface area (Å²) in [5, 5.41) is 48.9. The molecule has 7 unspecified atom stereocenters. The number of esters is 1. The topological polar surface area (TPSA) is 146 Å². The van der Waals surface area contributed by atoms with Crippen molar-refractivity contribution >= 4 is 5.97 Å². The minimum atomic E-state index is -1.50. The van der Waals surface area contributed by atoms with Gasteiger partial charge < -0.3 is 39.7 Å². The summed E-state index contributed by atoms with van der Waals surface area (Å²) in [6, 6.07) is 4.90. The van der Waals surface area contributed by atoms with Gasteiger partial charge in [-0.2, -0.15) is 0 Å². The van der Waals surface area contributed by atoms with Crippen molar-refractivity contribution in [3.05, 3.63) is 53.1 Å². The van der Waals surface area contributed by atoms with Gasteiger partial charge in [0, 0.05) is 6.42 Å². The number of ether oxygens (including phenoxy) is 3. The van der Waals surface area contributed by atoms with Crippen LogP contribution < -0.4 is 0 Å². The monoisotopic (exact) mass is 420 g/mol. The number of carbonyl (C=O) groups is 1. The molecule has 162 valence electrons. The van der Waals surface area contributed by atoms with Gasteiger partial charge in [0.15, 0.2) is 6.29 Å². The number of rotatable bonds is 4. The summed E-state index contributed by atoms with van der Waals surface area (Å²) >= 11 is 0. The molecular formula is C21H24O9. The Hall–Kier alpha value is -2.27. The molecule has 1 fully saturated rings. The number of fused-ring (bicyclic) bond motifs is 1. The van der Waals surface area contributed by atoms with Crippen molar-refractivity contribution in [3.8, 4) is 5.75 Å². The Labute approximate surface area is 172 Å². The molecule has 0 radical (unpaired) electrons. The maximum atomic E-state index is 12.3. The molecule has 30 heavy (non-hydrogen) atoms. The van der Waals surface area contributed by atoms with Crippen LogP contribution in [-0.2, 0) is 20.6 Å². The third kappa shape index (κ3) is 3.87. The first kappa shape index (κ1) is 21.0. The van der Waals surface area contributed by atoms with Crippen molar-refractivity contribution in [3.63, 3.8) is 0 Å². The highest BCUT2D eigenvalue weighted by Gasteiger charge is 2.44. The number of aromatic hydroxyl groups is 1. The van der Waals surface area contributed by atoms with Gasteiger partial charge >= 0.3 is 5.97 Å². The lowest BCUT2D eigenvalue weighted by atomic mass is 9.91. The number of aliphatic hydroxyl groups excluding tert-OH is 4. The summed E-state index contributed by atoms with van der Waals surface area (Å²) in [7, 11) is 0. The minimum absolute atomic E-state index is 0.0999. The maximum Gasteiger partial charge on any atom is 0.342 e. The van der Waals surface area contributed by atoms with Crippen LogP contribution in [0.15, 0.2) is 42.0 Å². The highest BCUT2D eigenvalue weighted by atomic mass is 16.7. The van der Waals surface area contributed by atoms with E-state index in [9.17, 15) is 30.3 Å². The van der Waals surface area contributed by atoms with E-state index in [0.717, 1.165) is 5.57 Å². The van der Waals surface area contributed by atoms with E-state index < -0.39 is 55.5 Å². The fraction of sp³-hybridized carbons (Fsp3) is 0.476. The zero-order valence-electron chi connectivity index (χ0n) is 16.0. The number of cyclic esters (lactones) is 1. The summed E-state index contributed by atoms with van der Waals surface area (Å²) in [6.45, 7) is -0.528. The highest BCUT2D eigenvalue weighted by Crippen LogP contribution is 2.32. The Morgan fingerprint density at radius 3 is 2.63 bits per heavy atom. The van der Waals surface area contributed by atoms with Crippen LogP contribution >= 0.6 is 0 Å². The van der Waals surface area contributed by atoms with Crippen LogP contribution in [-0.4, -0.2) is 81.0 Å². The van der Waals surface area contributed by atoms with E-state index in [4.69, 9.17) is 14.2 Å².